The molecule has 116 valence electrons. The SMILES string of the molecule is NC(=O)c1cncc(OS(=O)(=O)Cc2cc(Cl)ccc2F)c1. The van der Waals surface area contributed by atoms with Crippen LogP contribution in [-0.4, -0.2) is 19.3 Å². The third kappa shape index (κ3) is 4.15. The summed E-state index contributed by atoms with van der Waals surface area (Å²) < 4.78 is 42.2. The fraction of sp³-hybridized carbons (Fsp3) is 0.0769. The number of carbonyl (C=O) groups is 1. The van der Waals surface area contributed by atoms with Gasteiger partial charge in [-0.05, 0) is 24.3 Å². The highest BCUT2D eigenvalue weighted by atomic mass is 35.5. The van der Waals surface area contributed by atoms with E-state index in [0.717, 1.165) is 18.3 Å². The molecule has 0 fully saturated rings. The van der Waals surface area contributed by atoms with Crippen LogP contribution in [0, 0.1) is 5.82 Å². The molecule has 1 heterocycles. The van der Waals surface area contributed by atoms with Gasteiger partial charge in [-0.1, -0.05) is 11.6 Å². The van der Waals surface area contributed by atoms with Gasteiger partial charge < -0.3 is 9.92 Å². The number of rotatable bonds is 5. The number of hydrogen-bond donors (Lipinski definition) is 1. The van der Waals surface area contributed by atoms with Gasteiger partial charge in [0.1, 0.15) is 11.6 Å². The van der Waals surface area contributed by atoms with Gasteiger partial charge in [0, 0.05) is 16.8 Å². The monoisotopic (exact) mass is 344 g/mol. The van der Waals surface area contributed by atoms with E-state index in [2.05, 4.69) is 4.98 Å². The lowest BCUT2D eigenvalue weighted by molar-refractivity contribution is 0.0999. The van der Waals surface area contributed by atoms with E-state index < -0.39 is 27.6 Å². The first-order valence-corrected chi connectivity index (χ1v) is 7.83. The van der Waals surface area contributed by atoms with Crippen molar-refractivity contribution in [3.05, 3.63) is 58.6 Å². The Morgan fingerprint density at radius 2 is 2.05 bits per heavy atom. The number of aromatic nitrogens is 1. The number of pyridine rings is 1. The van der Waals surface area contributed by atoms with Gasteiger partial charge in [0.2, 0.25) is 5.91 Å². The Morgan fingerprint density at radius 1 is 1.32 bits per heavy atom. The van der Waals surface area contributed by atoms with E-state index in [0.29, 0.717) is 0 Å². The summed E-state index contributed by atoms with van der Waals surface area (Å²) in [6.07, 6.45) is 2.26. The van der Waals surface area contributed by atoms with Crippen molar-refractivity contribution < 1.29 is 21.8 Å². The summed E-state index contributed by atoms with van der Waals surface area (Å²) in [5, 5.41) is 0.198. The zero-order valence-electron chi connectivity index (χ0n) is 11.0. The number of amides is 1. The van der Waals surface area contributed by atoms with Crippen molar-refractivity contribution in [3.8, 4) is 5.75 Å². The van der Waals surface area contributed by atoms with Crippen molar-refractivity contribution in [2.45, 2.75) is 5.75 Å². The Kier molecular flexibility index (Phi) is 4.62. The number of benzene rings is 1. The topological polar surface area (TPSA) is 99.3 Å². The maximum atomic E-state index is 13.6. The summed E-state index contributed by atoms with van der Waals surface area (Å²) in [6.45, 7) is 0. The van der Waals surface area contributed by atoms with E-state index in [1.165, 1.54) is 18.3 Å². The largest absolute Gasteiger partial charge is 0.380 e. The second-order valence-electron chi connectivity index (χ2n) is 4.29. The minimum Gasteiger partial charge on any atom is -0.380 e. The molecule has 0 aliphatic heterocycles. The lowest BCUT2D eigenvalue weighted by atomic mass is 10.2. The maximum Gasteiger partial charge on any atom is 0.313 e. The molecule has 0 unspecified atom stereocenters. The zero-order chi connectivity index (χ0) is 16.3. The number of hydrogen-bond acceptors (Lipinski definition) is 5. The number of halogens is 2. The third-order valence-electron chi connectivity index (χ3n) is 2.56. The summed E-state index contributed by atoms with van der Waals surface area (Å²) >= 11 is 5.70. The van der Waals surface area contributed by atoms with E-state index in [4.69, 9.17) is 21.5 Å². The average molecular weight is 345 g/mol. The molecule has 0 aliphatic carbocycles. The molecule has 2 rings (SSSR count). The molecule has 22 heavy (non-hydrogen) atoms. The van der Waals surface area contributed by atoms with Crippen molar-refractivity contribution in [1.29, 1.82) is 0 Å². The van der Waals surface area contributed by atoms with Gasteiger partial charge in [-0.3, -0.25) is 9.78 Å². The van der Waals surface area contributed by atoms with Crippen LogP contribution >= 0.6 is 11.6 Å². The number of primary amides is 1. The van der Waals surface area contributed by atoms with E-state index in [1.807, 2.05) is 0 Å². The molecule has 0 bridgehead atoms. The molecule has 1 amide bonds. The highest BCUT2D eigenvalue weighted by Crippen LogP contribution is 2.20. The molecule has 2 aromatic rings. The first kappa shape index (κ1) is 16.2. The molecule has 1 aromatic carbocycles. The number of carbonyl (C=O) groups excluding carboxylic acids is 1. The van der Waals surface area contributed by atoms with Crippen LogP contribution in [-0.2, 0) is 15.9 Å². The Labute approximate surface area is 130 Å². The number of nitrogens with zero attached hydrogens (tertiary/aromatic N) is 1. The highest BCUT2D eigenvalue weighted by molar-refractivity contribution is 7.86. The van der Waals surface area contributed by atoms with Crippen LogP contribution in [0.15, 0.2) is 36.7 Å². The fourth-order valence-corrected chi connectivity index (χ4v) is 2.86. The van der Waals surface area contributed by atoms with Crippen LogP contribution < -0.4 is 9.92 Å². The first-order valence-electron chi connectivity index (χ1n) is 5.88. The molecular formula is C13H10ClFN2O4S. The van der Waals surface area contributed by atoms with Crippen LogP contribution in [0.5, 0.6) is 5.75 Å². The summed E-state index contributed by atoms with van der Waals surface area (Å²) in [4.78, 5) is 14.6. The summed E-state index contributed by atoms with van der Waals surface area (Å²) in [6, 6.07) is 4.67. The van der Waals surface area contributed by atoms with Crippen molar-refractivity contribution in [2.24, 2.45) is 5.73 Å². The Hall–Kier alpha value is -2.19. The smallest absolute Gasteiger partial charge is 0.313 e. The van der Waals surface area contributed by atoms with Gasteiger partial charge >= 0.3 is 10.1 Å². The second-order valence-corrected chi connectivity index (χ2v) is 6.30. The molecule has 0 spiro atoms. The van der Waals surface area contributed by atoms with E-state index in [-0.39, 0.29) is 21.9 Å². The molecule has 6 nitrogen and oxygen atoms in total. The minimum atomic E-state index is -4.16. The van der Waals surface area contributed by atoms with Crippen LogP contribution in [0.2, 0.25) is 5.02 Å². The quantitative estimate of drug-likeness (QED) is 0.835. The molecule has 0 radical (unpaired) electrons. The highest BCUT2D eigenvalue weighted by Gasteiger charge is 2.18. The molecule has 0 aliphatic rings. The molecule has 1 aromatic heterocycles. The zero-order valence-corrected chi connectivity index (χ0v) is 12.6. The maximum absolute atomic E-state index is 13.6. The van der Waals surface area contributed by atoms with E-state index >= 15 is 0 Å². The average Bonchev–Trinajstić information content (AvgIpc) is 2.42. The molecule has 0 atom stereocenters. The van der Waals surface area contributed by atoms with Crippen LogP contribution in [0.3, 0.4) is 0 Å². The van der Waals surface area contributed by atoms with Gasteiger partial charge in [0.05, 0.1) is 11.8 Å². The predicted molar refractivity (Wildman–Crippen MR) is 77.4 cm³/mol. The lowest BCUT2D eigenvalue weighted by Crippen LogP contribution is -2.15. The molecule has 0 saturated heterocycles. The second kappa shape index (κ2) is 6.29. The Balaban J connectivity index is 2.23. The van der Waals surface area contributed by atoms with Crippen molar-refractivity contribution >= 4 is 27.6 Å². The first-order chi connectivity index (χ1) is 10.3. The predicted octanol–water partition coefficient (Wildman–Crippen LogP) is 1.88. The Morgan fingerprint density at radius 3 is 2.73 bits per heavy atom. The fourth-order valence-electron chi connectivity index (χ4n) is 1.62. The third-order valence-corrected chi connectivity index (χ3v) is 3.91. The standard InChI is InChI=1S/C13H10ClFN2O4S/c14-10-1-2-12(15)9(3-10)7-22(19,20)21-11-4-8(13(16)18)5-17-6-11/h1-6H,7H2,(H2,16,18). The summed E-state index contributed by atoms with van der Waals surface area (Å²) in [5.41, 5.74) is 4.91. The summed E-state index contributed by atoms with van der Waals surface area (Å²) in [7, 11) is -4.16. The van der Waals surface area contributed by atoms with Crippen LogP contribution in [0.4, 0.5) is 4.39 Å². The van der Waals surface area contributed by atoms with Crippen LogP contribution in [0.1, 0.15) is 15.9 Å². The van der Waals surface area contributed by atoms with Gasteiger partial charge in [-0.15, -0.1) is 0 Å². The van der Waals surface area contributed by atoms with Crippen molar-refractivity contribution in [3.63, 3.8) is 0 Å². The van der Waals surface area contributed by atoms with Gasteiger partial charge in [0.25, 0.3) is 0 Å². The molecule has 0 saturated carbocycles. The van der Waals surface area contributed by atoms with Gasteiger partial charge in [-0.25, -0.2) is 4.39 Å². The lowest BCUT2D eigenvalue weighted by Gasteiger charge is -2.08. The minimum absolute atomic E-state index is 0.0124. The van der Waals surface area contributed by atoms with Crippen LogP contribution in [0.25, 0.3) is 0 Å². The van der Waals surface area contributed by atoms with E-state index in [1.54, 1.807) is 0 Å². The molecular weight excluding hydrogens is 335 g/mol. The van der Waals surface area contributed by atoms with Gasteiger partial charge in [0.15, 0.2) is 5.75 Å². The number of nitrogens with two attached hydrogens (primary N) is 1. The van der Waals surface area contributed by atoms with Gasteiger partial charge in [-0.2, -0.15) is 8.42 Å². The Bertz CT molecular complexity index is 827. The van der Waals surface area contributed by atoms with Crippen molar-refractivity contribution in [1.82, 2.24) is 4.98 Å². The molecule has 9 heteroatoms. The van der Waals surface area contributed by atoms with E-state index in [9.17, 15) is 17.6 Å². The molecule has 2 N–H and O–H groups in total. The normalized spacial score (nSPS) is 11.2. The van der Waals surface area contributed by atoms with Crippen molar-refractivity contribution in [2.75, 3.05) is 0 Å². The summed E-state index contributed by atoms with van der Waals surface area (Å²) in [5.74, 6) is -2.42.